The third-order valence-electron chi connectivity index (χ3n) is 2.72. The summed E-state index contributed by atoms with van der Waals surface area (Å²) in [5, 5.41) is 0. The number of anilines is 1. The zero-order valence-electron chi connectivity index (χ0n) is 9.98. The summed E-state index contributed by atoms with van der Waals surface area (Å²) in [5.74, 6) is 0.152. The van der Waals surface area contributed by atoms with Crippen molar-refractivity contribution in [3.8, 4) is 11.6 Å². The van der Waals surface area contributed by atoms with E-state index in [-0.39, 0.29) is 17.0 Å². The van der Waals surface area contributed by atoms with Crippen LogP contribution in [0.2, 0.25) is 0 Å². The minimum atomic E-state index is -4.41. The maximum Gasteiger partial charge on any atom is 0.416 e. The van der Waals surface area contributed by atoms with Gasteiger partial charge in [0.1, 0.15) is 11.2 Å². The first-order valence-corrected chi connectivity index (χ1v) is 5.63. The standard InChI is InChI=1S/C13H8F3N3O/c14-13(15,16)7-1-4-11-10(5-7)19-12(20-11)9-3-2-8(17)6-18-9/h1-6H,17H2. The van der Waals surface area contributed by atoms with Gasteiger partial charge < -0.3 is 10.2 Å². The number of hydrogen-bond acceptors (Lipinski definition) is 4. The maximum atomic E-state index is 12.6. The Kier molecular flexibility index (Phi) is 2.63. The molecule has 0 spiro atoms. The Balaban J connectivity index is 2.09. The topological polar surface area (TPSA) is 64.9 Å². The monoisotopic (exact) mass is 279 g/mol. The molecule has 0 amide bonds. The van der Waals surface area contributed by atoms with Crippen molar-refractivity contribution in [2.75, 3.05) is 5.73 Å². The highest BCUT2D eigenvalue weighted by Gasteiger charge is 2.31. The molecule has 7 heteroatoms. The summed E-state index contributed by atoms with van der Waals surface area (Å²) in [5.41, 5.74) is 6.03. The molecule has 0 saturated carbocycles. The fourth-order valence-electron chi connectivity index (χ4n) is 1.75. The van der Waals surface area contributed by atoms with Crippen molar-refractivity contribution in [2.24, 2.45) is 0 Å². The van der Waals surface area contributed by atoms with Gasteiger partial charge in [0, 0.05) is 0 Å². The Bertz CT molecular complexity index is 763. The predicted molar refractivity (Wildman–Crippen MR) is 66.7 cm³/mol. The van der Waals surface area contributed by atoms with Crippen LogP contribution in [0.4, 0.5) is 18.9 Å². The maximum absolute atomic E-state index is 12.6. The summed E-state index contributed by atoms with van der Waals surface area (Å²) in [4.78, 5) is 8.03. The normalized spacial score (nSPS) is 11.9. The van der Waals surface area contributed by atoms with Gasteiger partial charge in [-0.05, 0) is 30.3 Å². The van der Waals surface area contributed by atoms with E-state index in [9.17, 15) is 13.2 Å². The Morgan fingerprint density at radius 1 is 1.10 bits per heavy atom. The van der Waals surface area contributed by atoms with Gasteiger partial charge in [-0.1, -0.05) is 0 Å². The average molecular weight is 279 g/mol. The van der Waals surface area contributed by atoms with Crippen molar-refractivity contribution in [1.82, 2.24) is 9.97 Å². The molecule has 2 aromatic heterocycles. The fraction of sp³-hybridized carbons (Fsp3) is 0.0769. The van der Waals surface area contributed by atoms with E-state index in [1.165, 1.54) is 12.3 Å². The SMILES string of the molecule is Nc1ccc(-c2nc3cc(C(F)(F)F)ccc3o2)nc1. The highest BCUT2D eigenvalue weighted by atomic mass is 19.4. The van der Waals surface area contributed by atoms with E-state index in [0.717, 1.165) is 12.1 Å². The van der Waals surface area contributed by atoms with Crippen LogP contribution < -0.4 is 5.73 Å². The second kappa shape index (κ2) is 4.22. The number of rotatable bonds is 1. The number of halogens is 3. The summed E-state index contributed by atoms with van der Waals surface area (Å²) >= 11 is 0. The Labute approximate surface area is 111 Å². The molecule has 0 fully saturated rings. The number of oxazole rings is 1. The molecule has 0 aliphatic carbocycles. The van der Waals surface area contributed by atoms with E-state index in [2.05, 4.69) is 9.97 Å². The fourth-order valence-corrected chi connectivity index (χ4v) is 1.75. The van der Waals surface area contributed by atoms with Gasteiger partial charge in [0.15, 0.2) is 5.58 Å². The number of nitrogens with zero attached hydrogens (tertiary/aromatic N) is 2. The minimum Gasteiger partial charge on any atom is -0.435 e. The second-order valence-corrected chi connectivity index (χ2v) is 4.18. The third-order valence-corrected chi connectivity index (χ3v) is 2.72. The lowest BCUT2D eigenvalue weighted by atomic mass is 10.2. The smallest absolute Gasteiger partial charge is 0.416 e. The molecule has 20 heavy (non-hydrogen) atoms. The van der Waals surface area contributed by atoms with E-state index >= 15 is 0 Å². The summed E-state index contributed by atoms with van der Waals surface area (Å²) < 4.78 is 43.2. The van der Waals surface area contributed by atoms with Gasteiger partial charge in [-0.2, -0.15) is 13.2 Å². The van der Waals surface area contributed by atoms with Crippen molar-refractivity contribution in [1.29, 1.82) is 0 Å². The molecule has 0 radical (unpaired) electrons. The molecule has 3 rings (SSSR count). The Morgan fingerprint density at radius 3 is 2.55 bits per heavy atom. The van der Waals surface area contributed by atoms with Crippen LogP contribution in [0.15, 0.2) is 40.9 Å². The van der Waals surface area contributed by atoms with Crippen molar-refractivity contribution in [2.45, 2.75) is 6.18 Å². The van der Waals surface area contributed by atoms with Crippen LogP contribution in [-0.4, -0.2) is 9.97 Å². The summed E-state index contributed by atoms with van der Waals surface area (Å²) in [6.45, 7) is 0. The summed E-state index contributed by atoms with van der Waals surface area (Å²) in [6, 6.07) is 6.34. The van der Waals surface area contributed by atoms with Gasteiger partial charge in [0.2, 0.25) is 5.89 Å². The minimum absolute atomic E-state index is 0.133. The van der Waals surface area contributed by atoms with E-state index in [1.54, 1.807) is 12.1 Å². The number of aromatic nitrogens is 2. The molecular weight excluding hydrogens is 271 g/mol. The van der Waals surface area contributed by atoms with Gasteiger partial charge >= 0.3 is 6.18 Å². The van der Waals surface area contributed by atoms with Gasteiger partial charge in [-0.3, -0.25) is 0 Å². The summed E-state index contributed by atoms with van der Waals surface area (Å²) in [6.07, 6.45) is -2.99. The van der Waals surface area contributed by atoms with Gasteiger partial charge in [0.25, 0.3) is 0 Å². The largest absolute Gasteiger partial charge is 0.435 e. The molecule has 0 bridgehead atoms. The molecule has 0 saturated heterocycles. The lowest BCUT2D eigenvalue weighted by molar-refractivity contribution is -0.137. The number of pyridine rings is 1. The predicted octanol–water partition coefficient (Wildman–Crippen LogP) is 3.49. The molecule has 1 aromatic carbocycles. The zero-order chi connectivity index (χ0) is 14.3. The molecule has 3 aromatic rings. The van der Waals surface area contributed by atoms with Crippen molar-refractivity contribution < 1.29 is 17.6 Å². The molecular formula is C13H8F3N3O. The van der Waals surface area contributed by atoms with E-state index in [0.29, 0.717) is 11.4 Å². The lowest BCUT2D eigenvalue weighted by Gasteiger charge is -2.04. The Hall–Kier alpha value is -2.57. The van der Waals surface area contributed by atoms with Gasteiger partial charge in [0.05, 0.1) is 17.4 Å². The number of hydrogen-bond donors (Lipinski definition) is 1. The highest BCUT2D eigenvalue weighted by Crippen LogP contribution is 2.32. The van der Waals surface area contributed by atoms with Gasteiger partial charge in [-0.25, -0.2) is 9.97 Å². The van der Waals surface area contributed by atoms with Crippen molar-refractivity contribution in [3.05, 3.63) is 42.1 Å². The first-order valence-electron chi connectivity index (χ1n) is 5.63. The number of nitrogen functional groups attached to an aromatic ring is 1. The van der Waals surface area contributed by atoms with Crippen LogP contribution in [0.1, 0.15) is 5.56 Å². The highest BCUT2D eigenvalue weighted by molar-refractivity contribution is 5.76. The number of alkyl halides is 3. The van der Waals surface area contributed by atoms with E-state index in [1.807, 2.05) is 0 Å². The van der Waals surface area contributed by atoms with Crippen LogP contribution in [0.25, 0.3) is 22.7 Å². The van der Waals surface area contributed by atoms with Crippen LogP contribution in [-0.2, 0) is 6.18 Å². The van der Waals surface area contributed by atoms with Gasteiger partial charge in [-0.15, -0.1) is 0 Å². The van der Waals surface area contributed by atoms with Crippen LogP contribution >= 0.6 is 0 Å². The molecule has 4 nitrogen and oxygen atoms in total. The number of benzene rings is 1. The van der Waals surface area contributed by atoms with E-state index < -0.39 is 11.7 Å². The van der Waals surface area contributed by atoms with Crippen molar-refractivity contribution >= 4 is 16.8 Å². The molecule has 2 N–H and O–H groups in total. The third kappa shape index (κ3) is 2.18. The van der Waals surface area contributed by atoms with Crippen LogP contribution in [0.5, 0.6) is 0 Å². The number of fused-ring (bicyclic) bond motifs is 1. The molecule has 0 aliphatic rings. The van der Waals surface area contributed by atoms with Crippen LogP contribution in [0.3, 0.4) is 0 Å². The number of nitrogens with two attached hydrogens (primary N) is 1. The van der Waals surface area contributed by atoms with Crippen LogP contribution in [0, 0.1) is 0 Å². The quantitative estimate of drug-likeness (QED) is 0.740. The summed E-state index contributed by atoms with van der Waals surface area (Å²) in [7, 11) is 0. The first-order chi connectivity index (χ1) is 9.43. The molecule has 102 valence electrons. The molecule has 0 unspecified atom stereocenters. The first kappa shape index (κ1) is 12.5. The lowest BCUT2D eigenvalue weighted by Crippen LogP contribution is -2.03. The Morgan fingerprint density at radius 2 is 1.90 bits per heavy atom. The van der Waals surface area contributed by atoms with Crippen molar-refractivity contribution in [3.63, 3.8) is 0 Å². The molecule has 2 heterocycles. The molecule has 0 aliphatic heterocycles. The second-order valence-electron chi connectivity index (χ2n) is 4.18. The van der Waals surface area contributed by atoms with E-state index in [4.69, 9.17) is 10.2 Å². The molecule has 0 atom stereocenters. The average Bonchev–Trinajstić information content (AvgIpc) is 2.81. The zero-order valence-corrected chi connectivity index (χ0v) is 9.98.